The van der Waals surface area contributed by atoms with Crippen molar-refractivity contribution in [1.29, 1.82) is 0 Å². The van der Waals surface area contributed by atoms with Crippen molar-refractivity contribution < 1.29 is 14.3 Å². The molecule has 1 aliphatic heterocycles. The first kappa shape index (κ1) is 16.5. The molecule has 1 aromatic heterocycles. The lowest BCUT2D eigenvalue weighted by Crippen LogP contribution is -2.43. The molecule has 128 valence electrons. The van der Waals surface area contributed by atoms with Gasteiger partial charge in [-0.25, -0.2) is 4.98 Å². The maximum absolute atomic E-state index is 12.4. The van der Waals surface area contributed by atoms with Crippen LogP contribution in [0.3, 0.4) is 0 Å². The monoisotopic (exact) mass is 329 g/mol. The Morgan fingerprint density at radius 2 is 2.29 bits per heavy atom. The highest BCUT2D eigenvalue weighted by Crippen LogP contribution is 2.27. The van der Waals surface area contributed by atoms with E-state index in [1.807, 2.05) is 36.1 Å². The van der Waals surface area contributed by atoms with Crippen molar-refractivity contribution in [2.45, 2.75) is 25.5 Å². The standard InChI is InChI=1S/C18H23N3O3/c1-15-4-3-5-16(10-15)24-13-18(23-2)6-8-21(12-18)17(22)11-20-9-7-19-14-20/h3-5,7,9-10,14H,6,8,11-13H2,1-2H3. The van der Waals surface area contributed by atoms with Gasteiger partial charge in [-0.15, -0.1) is 0 Å². The van der Waals surface area contributed by atoms with Crippen molar-refractivity contribution >= 4 is 5.91 Å². The van der Waals surface area contributed by atoms with Crippen molar-refractivity contribution in [3.8, 4) is 5.75 Å². The maximum atomic E-state index is 12.4. The van der Waals surface area contributed by atoms with E-state index in [0.29, 0.717) is 26.2 Å². The lowest BCUT2D eigenvalue weighted by molar-refractivity contribution is -0.132. The van der Waals surface area contributed by atoms with Gasteiger partial charge in [0.15, 0.2) is 0 Å². The molecular formula is C18H23N3O3. The van der Waals surface area contributed by atoms with E-state index < -0.39 is 5.60 Å². The number of carbonyl (C=O) groups is 1. The average Bonchev–Trinajstić information content (AvgIpc) is 3.23. The summed E-state index contributed by atoms with van der Waals surface area (Å²) in [6, 6.07) is 7.94. The zero-order valence-electron chi connectivity index (χ0n) is 14.1. The van der Waals surface area contributed by atoms with Crippen LogP contribution in [0, 0.1) is 6.92 Å². The summed E-state index contributed by atoms with van der Waals surface area (Å²) in [5.41, 5.74) is 0.705. The molecule has 0 spiro atoms. The highest BCUT2D eigenvalue weighted by molar-refractivity contribution is 5.76. The Kier molecular flexibility index (Phi) is 4.85. The molecule has 24 heavy (non-hydrogen) atoms. The molecule has 1 atom stereocenters. The number of ether oxygens (including phenoxy) is 2. The van der Waals surface area contributed by atoms with Gasteiger partial charge in [-0.3, -0.25) is 4.79 Å². The van der Waals surface area contributed by atoms with Gasteiger partial charge in [0, 0.05) is 26.0 Å². The van der Waals surface area contributed by atoms with Crippen LogP contribution in [0.5, 0.6) is 5.75 Å². The number of amides is 1. The first-order valence-corrected chi connectivity index (χ1v) is 8.08. The molecule has 1 amide bonds. The Morgan fingerprint density at radius 1 is 1.42 bits per heavy atom. The van der Waals surface area contributed by atoms with E-state index in [1.54, 1.807) is 30.4 Å². The van der Waals surface area contributed by atoms with Crippen LogP contribution in [0.25, 0.3) is 0 Å². The lowest BCUT2D eigenvalue weighted by Gasteiger charge is -2.28. The zero-order valence-corrected chi connectivity index (χ0v) is 14.1. The fourth-order valence-electron chi connectivity index (χ4n) is 2.96. The van der Waals surface area contributed by atoms with E-state index in [4.69, 9.17) is 9.47 Å². The van der Waals surface area contributed by atoms with Gasteiger partial charge in [-0.2, -0.15) is 0 Å². The second kappa shape index (κ2) is 7.05. The number of carbonyl (C=O) groups excluding carboxylic acids is 1. The molecule has 1 unspecified atom stereocenters. The molecule has 0 saturated carbocycles. The first-order valence-electron chi connectivity index (χ1n) is 8.08. The van der Waals surface area contributed by atoms with Crippen LogP contribution in [-0.4, -0.2) is 52.8 Å². The van der Waals surface area contributed by atoms with E-state index in [0.717, 1.165) is 17.7 Å². The van der Waals surface area contributed by atoms with Gasteiger partial charge >= 0.3 is 0 Å². The molecular weight excluding hydrogens is 306 g/mol. The zero-order chi connectivity index (χ0) is 17.0. The fourth-order valence-corrected chi connectivity index (χ4v) is 2.96. The van der Waals surface area contributed by atoms with E-state index in [9.17, 15) is 4.79 Å². The largest absolute Gasteiger partial charge is 0.491 e. The molecule has 3 rings (SSSR count). The topological polar surface area (TPSA) is 56.6 Å². The summed E-state index contributed by atoms with van der Waals surface area (Å²) in [4.78, 5) is 18.2. The number of imidazole rings is 1. The SMILES string of the molecule is COC1(COc2cccc(C)c2)CCN(C(=O)Cn2ccnc2)C1. The summed E-state index contributed by atoms with van der Waals surface area (Å²) in [5.74, 6) is 0.900. The van der Waals surface area contributed by atoms with E-state index in [2.05, 4.69) is 4.98 Å². The maximum Gasteiger partial charge on any atom is 0.242 e. The second-order valence-corrected chi connectivity index (χ2v) is 6.29. The highest BCUT2D eigenvalue weighted by atomic mass is 16.5. The molecule has 1 saturated heterocycles. The van der Waals surface area contributed by atoms with Crippen LogP contribution in [0.15, 0.2) is 43.0 Å². The van der Waals surface area contributed by atoms with E-state index in [1.165, 1.54) is 0 Å². The number of nitrogens with zero attached hydrogens (tertiary/aromatic N) is 3. The molecule has 1 aliphatic rings. The molecule has 0 radical (unpaired) electrons. The van der Waals surface area contributed by atoms with Gasteiger partial charge in [-0.05, 0) is 31.0 Å². The molecule has 0 bridgehead atoms. The Labute approximate surface area is 142 Å². The number of methoxy groups -OCH3 is 1. The Hall–Kier alpha value is -2.34. The van der Waals surface area contributed by atoms with Gasteiger partial charge < -0.3 is 18.9 Å². The smallest absolute Gasteiger partial charge is 0.242 e. The van der Waals surface area contributed by atoms with Crippen molar-refractivity contribution in [3.63, 3.8) is 0 Å². The van der Waals surface area contributed by atoms with Crippen molar-refractivity contribution in [3.05, 3.63) is 48.5 Å². The quantitative estimate of drug-likeness (QED) is 0.812. The van der Waals surface area contributed by atoms with Crippen LogP contribution >= 0.6 is 0 Å². The predicted octanol–water partition coefficient (Wildman–Crippen LogP) is 1.89. The molecule has 0 aliphatic carbocycles. The fraction of sp³-hybridized carbons (Fsp3) is 0.444. The number of likely N-dealkylation sites (tertiary alicyclic amines) is 1. The average molecular weight is 329 g/mol. The number of aromatic nitrogens is 2. The molecule has 1 aromatic carbocycles. The normalized spacial score (nSPS) is 20.3. The summed E-state index contributed by atoms with van der Waals surface area (Å²) in [7, 11) is 1.68. The van der Waals surface area contributed by atoms with Crippen molar-refractivity contribution in [1.82, 2.24) is 14.5 Å². The molecule has 2 heterocycles. The van der Waals surface area contributed by atoms with Crippen LogP contribution in [0.4, 0.5) is 0 Å². The van der Waals surface area contributed by atoms with Gasteiger partial charge in [0.2, 0.25) is 5.91 Å². The third-order valence-electron chi connectivity index (χ3n) is 4.47. The Balaban J connectivity index is 1.59. The molecule has 6 heteroatoms. The predicted molar refractivity (Wildman–Crippen MR) is 89.8 cm³/mol. The number of benzene rings is 1. The summed E-state index contributed by atoms with van der Waals surface area (Å²) in [5, 5.41) is 0. The summed E-state index contributed by atoms with van der Waals surface area (Å²) in [6.45, 7) is 3.99. The number of hydrogen-bond donors (Lipinski definition) is 0. The second-order valence-electron chi connectivity index (χ2n) is 6.29. The Bertz CT molecular complexity index is 687. The molecule has 1 fully saturated rings. The molecule has 2 aromatic rings. The number of rotatable bonds is 6. The third-order valence-corrected chi connectivity index (χ3v) is 4.47. The number of hydrogen-bond acceptors (Lipinski definition) is 4. The van der Waals surface area contributed by atoms with E-state index >= 15 is 0 Å². The first-order chi connectivity index (χ1) is 11.6. The van der Waals surface area contributed by atoms with Crippen LogP contribution in [0.1, 0.15) is 12.0 Å². The van der Waals surface area contributed by atoms with Crippen LogP contribution in [-0.2, 0) is 16.1 Å². The van der Waals surface area contributed by atoms with Gasteiger partial charge in [0.05, 0.1) is 12.9 Å². The van der Waals surface area contributed by atoms with Gasteiger partial charge in [0.25, 0.3) is 0 Å². The minimum Gasteiger partial charge on any atom is -0.491 e. The third kappa shape index (κ3) is 3.76. The van der Waals surface area contributed by atoms with Gasteiger partial charge in [-0.1, -0.05) is 12.1 Å². The van der Waals surface area contributed by atoms with Crippen LogP contribution < -0.4 is 4.74 Å². The minimum absolute atomic E-state index is 0.0717. The summed E-state index contributed by atoms with van der Waals surface area (Å²) < 4.78 is 13.4. The van der Waals surface area contributed by atoms with Crippen LogP contribution in [0.2, 0.25) is 0 Å². The summed E-state index contributed by atoms with van der Waals surface area (Å²) >= 11 is 0. The molecule has 0 N–H and O–H groups in total. The molecule has 6 nitrogen and oxygen atoms in total. The minimum atomic E-state index is -0.450. The highest BCUT2D eigenvalue weighted by Gasteiger charge is 2.41. The van der Waals surface area contributed by atoms with Crippen molar-refractivity contribution in [2.75, 3.05) is 26.8 Å². The van der Waals surface area contributed by atoms with E-state index in [-0.39, 0.29) is 5.91 Å². The lowest BCUT2D eigenvalue weighted by atomic mass is 10.0. The Morgan fingerprint density at radius 3 is 3.00 bits per heavy atom. The number of aryl methyl sites for hydroxylation is 1. The van der Waals surface area contributed by atoms with Crippen molar-refractivity contribution in [2.24, 2.45) is 0 Å². The van der Waals surface area contributed by atoms with Gasteiger partial charge in [0.1, 0.15) is 24.5 Å². The summed E-state index contributed by atoms with van der Waals surface area (Å²) in [6.07, 6.45) is 5.88.